The fourth-order valence-electron chi connectivity index (χ4n) is 3.32. The van der Waals surface area contributed by atoms with Gasteiger partial charge in [0.2, 0.25) is 0 Å². The Hall–Kier alpha value is -0.180. The molecule has 2 rings (SSSR count). The highest BCUT2D eigenvalue weighted by Gasteiger charge is 2.36. The molecule has 0 saturated carbocycles. The molecule has 2 fully saturated rings. The lowest BCUT2D eigenvalue weighted by Gasteiger charge is -2.16. The van der Waals surface area contributed by atoms with Crippen LogP contribution in [-0.4, -0.2) is 87.9 Å². The van der Waals surface area contributed by atoms with Crippen LogP contribution in [0.15, 0.2) is 0 Å². The molecule has 0 aliphatic carbocycles. The molecule has 0 N–H and O–H groups in total. The molecular weight excluding hydrogens is 324 g/mol. The summed E-state index contributed by atoms with van der Waals surface area (Å²) in [6.07, 6.45) is 1.26. The van der Waals surface area contributed by atoms with Gasteiger partial charge in [0.05, 0.1) is 22.0 Å². The summed E-state index contributed by atoms with van der Waals surface area (Å²) in [7, 11) is -6.64. The molecule has 2 unspecified atom stereocenters. The van der Waals surface area contributed by atoms with Gasteiger partial charge in [-0.05, 0) is 39.0 Å². The molecule has 0 bridgehead atoms. The first-order valence-electron chi connectivity index (χ1n) is 8.16. The second kappa shape index (κ2) is 7.15. The van der Waals surface area contributed by atoms with E-state index in [0.717, 1.165) is 26.2 Å². The number of hydrogen-bond acceptors (Lipinski definition) is 6. The summed E-state index contributed by atoms with van der Waals surface area (Å²) in [5.74, 6) is -0.444. The Morgan fingerprint density at radius 1 is 0.773 bits per heavy atom. The second-order valence-electron chi connectivity index (χ2n) is 6.34. The van der Waals surface area contributed by atoms with E-state index >= 15 is 0 Å². The molecule has 2 atom stereocenters. The third kappa shape index (κ3) is 4.21. The van der Waals surface area contributed by atoms with E-state index in [2.05, 4.69) is 9.80 Å². The smallest absolute Gasteiger partial charge is 0.155 e. The fraction of sp³-hybridized carbons (Fsp3) is 1.00. The predicted molar refractivity (Wildman–Crippen MR) is 88.6 cm³/mol. The first-order valence-corrected chi connectivity index (χ1v) is 11.6. The van der Waals surface area contributed by atoms with Gasteiger partial charge in [-0.2, -0.15) is 0 Å². The Bertz CT molecular complexity index is 522. The van der Waals surface area contributed by atoms with E-state index < -0.39 is 30.2 Å². The molecule has 2 aliphatic heterocycles. The monoisotopic (exact) mass is 352 g/mol. The minimum Gasteiger partial charge on any atom is -0.302 e. The highest BCUT2D eigenvalue weighted by atomic mass is 32.2. The average molecular weight is 353 g/mol. The fourth-order valence-corrected chi connectivity index (χ4v) is 7.65. The van der Waals surface area contributed by atoms with E-state index in [0.29, 0.717) is 25.9 Å². The molecule has 2 saturated heterocycles. The van der Waals surface area contributed by atoms with Crippen LogP contribution in [-0.2, 0) is 19.7 Å². The quantitative estimate of drug-likeness (QED) is 0.642. The van der Waals surface area contributed by atoms with E-state index in [-0.39, 0.29) is 11.5 Å². The van der Waals surface area contributed by atoms with Gasteiger partial charge < -0.3 is 9.80 Å². The third-order valence-electron chi connectivity index (χ3n) is 5.02. The molecule has 0 aromatic heterocycles. The van der Waals surface area contributed by atoms with Crippen molar-refractivity contribution in [2.24, 2.45) is 0 Å². The maximum absolute atomic E-state index is 12.4. The van der Waals surface area contributed by atoms with Gasteiger partial charge in [0.1, 0.15) is 0 Å². The normalized spacial score (nSPS) is 28.5. The molecule has 0 amide bonds. The topological polar surface area (TPSA) is 74.8 Å². The summed E-state index contributed by atoms with van der Waals surface area (Å²) in [5.41, 5.74) is 0. The van der Waals surface area contributed by atoms with Gasteiger partial charge in [-0.3, -0.25) is 0 Å². The van der Waals surface area contributed by atoms with Crippen LogP contribution in [0, 0.1) is 0 Å². The Balaban J connectivity index is 1.91. The van der Waals surface area contributed by atoms with Crippen molar-refractivity contribution in [3.8, 4) is 0 Å². The molecule has 0 aromatic rings. The van der Waals surface area contributed by atoms with Crippen molar-refractivity contribution in [2.75, 3.05) is 50.8 Å². The van der Waals surface area contributed by atoms with Crippen LogP contribution >= 0.6 is 0 Å². The van der Waals surface area contributed by atoms with Crippen molar-refractivity contribution in [3.05, 3.63) is 0 Å². The molecule has 6 nitrogen and oxygen atoms in total. The van der Waals surface area contributed by atoms with Gasteiger partial charge in [0.25, 0.3) is 0 Å². The maximum atomic E-state index is 12.4. The van der Waals surface area contributed by atoms with E-state index in [4.69, 9.17) is 0 Å². The van der Waals surface area contributed by atoms with Crippen molar-refractivity contribution in [3.63, 3.8) is 0 Å². The zero-order chi connectivity index (χ0) is 16.4. The average Bonchev–Trinajstić information content (AvgIpc) is 3.14. The standard InChI is InChI=1S/C14H28N2O4S2/c1-3-15-7-5-13(11-15)21(17,18)9-10-22(19,20)14-6-8-16(4-2)12-14/h13-14H,3-12H2,1-2H3. The first-order chi connectivity index (χ1) is 10.3. The number of likely N-dealkylation sites (tertiary alicyclic amines) is 2. The summed E-state index contributed by atoms with van der Waals surface area (Å²) in [6.45, 7) is 8.40. The highest BCUT2D eigenvalue weighted by molar-refractivity contribution is 7.95. The number of hydrogen-bond donors (Lipinski definition) is 0. The lowest BCUT2D eigenvalue weighted by Crippen LogP contribution is -2.34. The molecule has 8 heteroatoms. The van der Waals surface area contributed by atoms with Gasteiger partial charge in [-0.1, -0.05) is 13.8 Å². The molecule has 22 heavy (non-hydrogen) atoms. The van der Waals surface area contributed by atoms with Crippen molar-refractivity contribution in [1.82, 2.24) is 9.80 Å². The largest absolute Gasteiger partial charge is 0.302 e. The SMILES string of the molecule is CCN1CCC(S(=O)(=O)CCS(=O)(=O)C2CCN(CC)C2)C1. The van der Waals surface area contributed by atoms with Crippen molar-refractivity contribution < 1.29 is 16.8 Å². The minimum atomic E-state index is -3.32. The van der Waals surface area contributed by atoms with Crippen molar-refractivity contribution in [2.45, 2.75) is 37.2 Å². The van der Waals surface area contributed by atoms with Crippen LogP contribution in [0.4, 0.5) is 0 Å². The molecular formula is C14H28N2O4S2. The van der Waals surface area contributed by atoms with Gasteiger partial charge in [0, 0.05) is 13.1 Å². The lowest BCUT2D eigenvalue weighted by molar-refractivity contribution is 0.358. The number of rotatable bonds is 7. The van der Waals surface area contributed by atoms with E-state index in [9.17, 15) is 16.8 Å². The Labute approximate surface area is 134 Å². The van der Waals surface area contributed by atoms with Crippen LogP contribution in [0.2, 0.25) is 0 Å². The zero-order valence-corrected chi connectivity index (χ0v) is 15.2. The lowest BCUT2D eigenvalue weighted by atomic mass is 10.4. The van der Waals surface area contributed by atoms with Crippen LogP contribution in [0.1, 0.15) is 26.7 Å². The number of nitrogens with zero attached hydrogens (tertiary/aromatic N) is 2. The summed E-state index contributed by atoms with van der Waals surface area (Å²) in [6, 6.07) is 0. The van der Waals surface area contributed by atoms with Crippen molar-refractivity contribution in [1.29, 1.82) is 0 Å². The Morgan fingerprint density at radius 2 is 1.14 bits per heavy atom. The van der Waals surface area contributed by atoms with Crippen LogP contribution in [0.5, 0.6) is 0 Å². The van der Waals surface area contributed by atoms with Crippen LogP contribution in [0.25, 0.3) is 0 Å². The summed E-state index contributed by atoms with van der Waals surface area (Å²) < 4.78 is 49.5. The summed E-state index contributed by atoms with van der Waals surface area (Å²) >= 11 is 0. The van der Waals surface area contributed by atoms with Gasteiger partial charge in [-0.15, -0.1) is 0 Å². The molecule has 130 valence electrons. The van der Waals surface area contributed by atoms with Gasteiger partial charge in [-0.25, -0.2) is 16.8 Å². The number of sulfone groups is 2. The minimum absolute atomic E-state index is 0.222. The van der Waals surface area contributed by atoms with Crippen LogP contribution < -0.4 is 0 Å². The summed E-state index contributed by atoms with van der Waals surface area (Å²) in [5, 5.41) is -0.781. The van der Waals surface area contributed by atoms with E-state index in [1.807, 2.05) is 13.8 Å². The molecule has 2 heterocycles. The molecule has 0 aromatic carbocycles. The van der Waals surface area contributed by atoms with E-state index in [1.54, 1.807) is 0 Å². The Kier molecular flexibility index (Phi) is 5.90. The molecule has 0 spiro atoms. The second-order valence-corrected chi connectivity index (χ2v) is 11.1. The first kappa shape index (κ1) is 18.2. The highest BCUT2D eigenvalue weighted by Crippen LogP contribution is 2.20. The maximum Gasteiger partial charge on any atom is 0.155 e. The van der Waals surface area contributed by atoms with E-state index in [1.165, 1.54) is 0 Å². The predicted octanol–water partition coefficient (Wildman–Crippen LogP) is 0.00440. The van der Waals surface area contributed by atoms with Crippen LogP contribution in [0.3, 0.4) is 0 Å². The van der Waals surface area contributed by atoms with Gasteiger partial charge in [0.15, 0.2) is 19.7 Å². The third-order valence-corrected chi connectivity index (χ3v) is 9.63. The van der Waals surface area contributed by atoms with Gasteiger partial charge >= 0.3 is 0 Å². The zero-order valence-electron chi connectivity index (χ0n) is 13.6. The van der Waals surface area contributed by atoms with Crippen molar-refractivity contribution >= 4 is 19.7 Å². The summed E-state index contributed by atoms with van der Waals surface area (Å²) in [4.78, 5) is 4.21. The Morgan fingerprint density at radius 3 is 1.41 bits per heavy atom. The molecule has 2 aliphatic rings. The molecule has 0 radical (unpaired) electrons.